The Morgan fingerprint density at radius 2 is 1.67 bits per heavy atom. The first-order valence-corrected chi connectivity index (χ1v) is 8.62. The maximum absolute atomic E-state index is 8.87. The molecule has 1 aromatic carbocycles. The fourth-order valence-corrected chi connectivity index (χ4v) is 3.11. The fourth-order valence-electron chi connectivity index (χ4n) is 3.11. The number of nitriles is 1. The predicted molar refractivity (Wildman–Crippen MR) is 96.3 cm³/mol. The van der Waals surface area contributed by atoms with Gasteiger partial charge in [0.1, 0.15) is 17.5 Å². The molecule has 124 valence electrons. The standard InChI is InChI=1S/C19H23N5/c1-14-21-18(23-16-6-4-2-3-5-7-16)12-19(22-14)24-17-10-8-15(13-20)9-11-17/h8-12,16H,2-7H2,1H3,(H2,21,22,23,24). The Morgan fingerprint density at radius 3 is 2.33 bits per heavy atom. The van der Waals surface area contributed by atoms with Crippen LogP contribution in [0.25, 0.3) is 0 Å². The quantitative estimate of drug-likeness (QED) is 0.809. The molecule has 5 nitrogen and oxygen atoms in total. The van der Waals surface area contributed by atoms with E-state index in [4.69, 9.17) is 5.26 Å². The topological polar surface area (TPSA) is 73.6 Å². The van der Waals surface area contributed by atoms with E-state index in [1.165, 1.54) is 38.5 Å². The maximum Gasteiger partial charge on any atom is 0.136 e. The zero-order valence-corrected chi connectivity index (χ0v) is 14.0. The van der Waals surface area contributed by atoms with Crippen molar-refractivity contribution in [1.82, 2.24) is 9.97 Å². The Hall–Kier alpha value is -2.61. The van der Waals surface area contributed by atoms with Crippen LogP contribution in [-0.4, -0.2) is 16.0 Å². The van der Waals surface area contributed by atoms with Crippen molar-refractivity contribution in [3.8, 4) is 6.07 Å². The first kappa shape index (κ1) is 16.3. The van der Waals surface area contributed by atoms with Crippen LogP contribution < -0.4 is 10.6 Å². The SMILES string of the molecule is Cc1nc(Nc2ccc(C#N)cc2)cc(NC2CCCCCC2)n1. The van der Waals surface area contributed by atoms with Crippen molar-refractivity contribution in [3.05, 3.63) is 41.7 Å². The van der Waals surface area contributed by atoms with Crippen molar-refractivity contribution < 1.29 is 0 Å². The third-order valence-corrected chi connectivity index (χ3v) is 4.33. The molecule has 0 spiro atoms. The van der Waals surface area contributed by atoms with E-state index >= 15 is 0 Å². The number of nitrogens with one attached hydrogen (secondary N) is 2. The van der Waals surface area contributed by atoms with Crippen LogP contribution in [0.1, 0.15) is 49.9 Å². The number of rotatable bonds is 4. The lowest BCUT2D eigenvalue weighted by atomic mass is 10.1. The number of aryl methyl sites for hydroxylation is 1. The summed E-state index contributed by atoms with van der Waals surface area (Å²) in [6.45, 7) is 1.90. The lowest BCUT2D eigenvalue weighted by Gasteiger charge is -2.18. The highest BCUT2D eigenvalue weighted by atomic mass is 15.1. The Bertz CT molecular complexity index is 710. The third kappa shape index (κ3) is 4.45. The Labute approximate surface area is 143 Å². The molecule has 1 saturated carbocycles. The van der Waals surface area contributed by atoms with Gasteiger partial charge in [0.05, 0.1) is 11.6 Å². The van der Waals surface area contributed by atoms with Gasteiger partial charge in [-0.3, -0.25) is 0 Å². The van der Waals surface area contributed by atoms with Crippen LogP contribution in [0.5, 0.6) is 0 Å². The summed E-state index contributed by atoms with van der Waals surface area (Å²) in [7, 11) is 0. The molecule has 2 N–H and O–H groups in total. The average molecular weight is 321 g/mol. The van der Waals surface area contributed by atoms with E-state index in [-0.39, 0.29) is 0 Å². The number of anilines is 3. The minimum Gasteiger partial charge on any atom is -0.367 e. The Balaban J connectivity index is 1.71. The zero-order valence-electron chi connectivity index (χ0n) is 14.0. The van der Waals surface area contributed by atoms with Gasteiger partial charge in [-0.1, -0.05) is 25.7 Å². The summed E-state index contributed by atoms with van der Waals surface area (Å²) in [4.78, 5) is 8.98. The summed E-state index contributed by atoms with van der Waals surface area (Å²) < 4.78 is 0. The molecular weight excluding hydrogens is 298 g/mol. The molecule has 0 atom stereocenters. The molecule has 2 aromatic rings. The Kier molecular flexibility index (Phi) is 5.27. The molecule has 1 fully saturated rings. The normalized spacial score (nSPS) is 15.3. The highest BCUT2D eigenvalue weighted by molar-refractivity contribution is 5.60. The maximum atomic E-state index is 8.87. The highest BCUT2D eigenvalue weighted by Crippen LogP contribution is 2.22. The molecule has 0 amide bonds. The van der Waals surface area contributed by atoms with Crippen LogP contribution in [0.4, 0.5) is 17.3 Å². The molecule has 3 rings (SSSR count). The number of benzene rings is 1. The molecule has 24 heavy (non-hydrogen) atoms. The van der Waals surface area contributed by atoms with E-state index in [1.54, 1.807) is 12.1 Å². The van der Waals surface area contributed by atoms with Gasteiger partial charge >= 0.3 is 0 Å². The molecule has 5 heteroatoms. The van der Waals surface area contributed by atoms with Gasteiger partial charge in [-0.25, -0.2) is 9.97 Å². The number of aromatic nitrogens is 2. The second kappa shape index (κ2) is 7.78. The average Bonchev–Trinajstić information content (AvgIpc) is 2.84. The van der Waals surface area contributed by atoms with Crippen LogP contribution >= 0.6 is 0 Å². The van der Waals surface area contributed by atoms with Crippen LogP contribution in [0, 0.1) is 18.3 Å². The molecule has 0 saturated heterocycles. The smallest absolute Gasteiger partial charge is 0.136 e. The third-order valence-electron chi connectivity index (χ3n) is 4.33. The monoisotopic (exact) mass is 321 g/mol. The summed E-state index contributed by atoms with van der Waals surface area (Å²) >= 11 is 0. The summed E-state index contributed by atoms with van der Waals surface area (Å²) in [5, 5.41) is 15.7. The molecular formula is C19H23N5. The van der Waals surface area contributed by atoms with Gasteiger partial charge in [0, 0.05) is 17.8 Å². The van der Waals surface area contributed by atoms with E-state index in [0.717, 1.165) is 23.1 Å². The van der Waals surface area contributed by atoms with Gasteiger partial charge in [0.25, 0.3) is 0 Å². The highest BCUT2D eigenvalue weighted by Gasteiger charge is 2.13. The molecule has 0 bridgehead atoms. The largest absolute Gasteiger partial charge is 0.367 e. The molecule has 1 aliphatic carbocycles. The van der Waals surface area contributed by atoms with Gasteiger partial charge < -0.3 is 10.6 Å². The van der Waals surface area contributed by atoms with Crippen LogP contribution in [0.3, 0.4) is 0 Å². The minimum atomic E-state index is 0.504. The lowest BCUT2D eigenvalue weighted by Crippen LogP contribution is -2.19. The van der Waals surface area contributed by atoms with Gasteiger partial charge in [0.2, 0.25) is 0 Å². The minimum absolute atomic E-state index is 0.504. The van der Waals surface area contributed by atoms with Crippen molar-refractivity contribution >= 4 is 17.3 Å². The van der Waals surface area contributed by atoms with E-state index in [9.17, 15) is 0 Å². The van der Waals surface area contributed by atoms with E-state index in [1.807, 2.05) is 25.1 Å². The van der Waals surface area contributed by atoms with E-state index in [2.05, 4.69) is 26.7 Å². The molecule has 1 aliphatic rings. The first-order chi connectivity index (χ1) is 11.7. The van der Waals surface area contributed by atoms with Crippen LogP contribution in [0.2, 0.25) is 0 Å². The van der Waals surface area contributed by atoms with Crippen molar-refractivity contribution in [3.63, 3.8) is 0 Å². The number of nitrogens with zero attached hydrogens (tertiary/aromatic N) is 3. The zero-order chi connectivity index (χ0) is 16.8. The first-order valence-electron chi connectivity index (χ1n) is 8.62. The molecule has 1 heterocycles. The van der Waals surface area contributed by atoms with Gasteiger partial charge in [0.15, 0.2) is 0 Å². The predicted octanol–water partition coefficient (Wildman–Crippen LogP) is 4.54. The Morgan fingerprint density at radius 1 is 1.00 bits per heavy atom. The second-order valence-electron chi connectivity index (χ2n) is 6.33. The fraction of sp³-hybridized carbons (Fsp3) is 0.421. The van der Waals surface area contributed by atoms with Crippen molar-refractivity contribution in [2.24, 2.45) is 0 Å². The summed E-state index contributed by atoms with van der Waals surface area (Å²) in [5.74, 6) is 2.39. The lowest BCUT2D eigenvalue weighted by molar-refractivity contribution is 0.617. The summed E-state index contributed by atoms with van der Waals surface area (Å²) in [6, 6.07) is 11.9. The van der Waals surface area contributed by atoms with Crippen molar-refractivity contribution in [2.45, 2.75) is 51.5 Å². The van der Waals surface area contributed by atoms with Crippen LogP contribution in [-0.2, 0) is 0 Å². The van der Waals surface area contributed by atoms with E-state index in [0.29, 0.717) is 11.6 Å². The van der Waals surface area contributed by atoms with Crippen molar-refractivity contribution in [2.75, 3.05) is 10.6 Å². The molecule has 1 aromatic heterocycles. The van der Waals surface area contributed by atoms with E-state index < -0.39 is 0 Å². The van der Waals surface area contributed by atoms with Gasteiger partial charge in [-0.15, -0.1) is 0 Å². The number of hydrogen-bond donors (Lipinski definition) is 2. The molecule has 0 radical (unpaired) electrons. The van der Waals surface area contributed by atoms with Crippen molar-refractivity contribution in [1.29, 1.82) is 5.26 Å². The molecule has 0 unspecified atom stereocenters. The van der Waals surface area contributed by atoms with Gasteiger partial charge in [-0.2, -0.15) is 5.26 Å². The number of hydrogen-bond acceptors (Lipinski definition) is 5. The van der Waals surface area contributed by atoms with Crippen LogP contribution in [0.15, 0.2) is 30.3 Å². The van der Waals surface area contributed by atoms with Gasteiger partial charge in [-0.05, 0) is 44.0 Å². The molecule has 0 aliphatic heterocycles. The summed E-state index contributed by atoms with van der Waals surface area (Å²) in [5.41, 5.74) is 1.56. The summed E-state index contributed by atoms with van der Waals surface area (Å²) in [6.07, 6.45) is 7.68. The second-order valence-corrected chi connectivity index (χ2v) is 6.33.